The Labute approximate surface area is 315 Å². The van der Waals surface area contributed by atoms with Gasteiger partial charge in [-0.3, -0.25) is 0 Å². The van der Waals surface area contributed by atoms with Crippen molar-refractivity contribution >= 4 is 46.7 Å². The quantitative estimate of drug-likeness (QED) is 0.143. The Morgan fingerprint density at radius 2 is 1.20 bits per heavy atom. The van der Waals surface area contributed by atoms with E-state index in [9.17, 15) is 9.59 Å². The fourth-order valence-electron chi connectivity index (χ4n) is 3.36. The van der Waals surface area contributed by atoms with Crippen LogP contribution in [0.15, 0.2) is 48.8 Å². The van der Waals surface area contributed by atoms with Crippen molar-refractivity contribution in [3.05, 3.63) is 75.4 Å². The summed E-state index contributed by atoms with van der Waals surface area (Å²) < 4.78 is 23.0. The van der Waals surface area contributed by atoms with Gasteiger partial charge < -0.3 is 18.9 Å². The van der Waals surface area contributed by atoms with Gasteiger partial charge in [0.05, 0.1) is 30.5 Å². The average molecular weight is 768 g/mol. The zero-order valence-electron chi connectivity index (χ0n) is 31.4. The number of ether oxygens (including phenoxy) is 4. The smallest absolute Gasteiger partial charge is 0.341 e. The van der Waals surface area contributed by atoms with E-state index in [1.165, 1.54) is 12.1 Å². The van der Waals surface area contributed by atoms with Crippen LogP contribution in [0.5, 0.6) is 11.8 Å². The highest BCUT2D eigenvalue weighted by Gasteiger charge is 2.22. The number of nitrogens with zero attached hydrogens (tertiary/aromatic N) is 5. The zero-order valence-corrected chi connectivity index (χ0v) is 33.6. The van der Waals surface area contributed by atoms with Gasteiger partial charge in [0.25, 0.3) is 0 Å². The number of aromatic nitrogens is 6. The maximum absolute atomic E-state index is 12.1. The van der Waals surface area contributed by atoms with Crippen molar-refractivity contribution in [3.63, 3.8) is 0 Å². The van der Waals surface area contributed by atoms with Gasteiger partial charge in [-0.15, -0.1) is 5.10 Å². The minimum atomic E-state index is -0.597. The molecule has 4 rings (SSSR count). The normalized spacial score (nSPS) is 11.7. The Morgan fingerprint density at radius 3 is 1.65 bits per heavy atom. The number of aromatic amines is 1. The molecular formula is C36H49Cl3N6O6. The molecule has 0 aliphatic rings. The van der Waals surface area contributed by atoms with Crippen LogP contribution in [0.2, 0.25) is 15.5 Å². The molecule has 0 aromatic carbocycles. The van der Waals surface area contributed by atoms with Crippen LogP contribution in [0, 0.1) is 10.8 Å². The molecule has 0 radical (unpaired) electrons. The maximum Gasteiger partial charge on any atom is 0.341 e. The molecule has 0 atom stereocenters. The summed E-state index contributed by atoms with van der Waals surface area (Å²) in [6, 6.07) is 9.79. The van der Waals surface area contributed by atoms with E-state index in [0.717, 1.165) is 5.88 Å². The predicted molar refractivity (Wildman–Crippen MR) is 199 cm³/mol. The topological polar surface area (TPSA) is 143 Å². The summed E-state index contributed by atoms with van der Waals surface area (Å²) in [7, 11) is 0. The molecule has 4 heterocycles. The minimum absolute atomic E-state index is 0.0421. The number of rotatable bonds is 7. The number of hydrogen-bond acceptors (Lipinski definition) is 10. The van der Waals surface area contributed by atoms with Gasteiger partial charge in [-0.1, -0.05) is 76.3 Å². The van der Waals surface area contributed by atoms with Crippen LogP contribution in [0.1, 0.15) is 104 Å². The highest BCUT2D eigenvalue weighted by Crippen LogP contribution is 2.22. The molecule has 1 N–H and O–H groups in total. The molecule has 4 aromatic heterocycles. The van der Waals surface area contributed by atoms with Gasteiger partial charge in [-0.05, 0) is 76.6 Å². The van der Waals surface area contributed by atoms with Gasteiger partial charge in [0.1, 0.15) is 26.7 Å². The summed E-state index contributed by atoms with van der Waals surface area (Å²) in [5, 5.41) is 11.2. The van der Waals surface area contributed by atoms with Crippen LogP contribution in [-0.2, 0) is 9.47 Å². The Hall–Kier alpha value is -3.87. The fraction of sp³-hybridized carbons (Fsp3) is 0.500. The van der Waals surface area contributed by atoms with Crippen LogP contribution in [0.25, 0.3) is 5.82 Å². The van der Waals surface area contributed by atoms with Crippen molar-refractivity contribution in [2.75, 3.05) is 13.2 Å². The molecule has 4 aromatic rings. The number of carbonyl (C=O) groups is 2. The van der Waals surface area contributed by atoms with Gasteiger partial charge in [-0.2, -0.15) is 5.10 Å². The highest BCUT2D eigenvalue weighted by molar-refractivity contribution is 6.34. The van der Waals surface area contributed by atoms with E-state index in [-0.39, 0.29) is 37.4 Å². The molecule has 280 valence electrons. The number of pyridine rings is 2. The first-order valence-electron chi connectivity index (χ1n) is 16.1. The minimum Gasteiger partial charge on any atom is -0.477 e. The maximum atomic E-state index is 12.1. The Morgan fingerprint density at radius 1 is 0.686 bits per heavy atom. The van der Waals surface area contributed by atoms with Crippen LogP contribution < -0.4 is 9.47 Å². The third-order valence-electron chi connectivity index (χ3n) is 5.47. The van der Waals surface area contributed by atoms with E-state index in [4.69, 9.17) is 53.8 Å². The Kier molecular flexibility index (Phi) is 15.3. The molecule has 12 nitrogen and oxygen atoms in total. The van der Waals surface area contributed by atoms with Gasteiger partial charge in [0.2, 0.25) is 11.8 Å². The first kappa shape index (κ1) is 43.3. The molecule has 15 heteroatoms. The van der Waals surface area contributed by atoms with Crippen LogP contribution in [-0.4, -0.2) is 66.3 Å². The van der Waals surface area contributed by atoms with E-state index in [0.29, 0.717) is 24.9 Å². The third kappa shape index (κ3) is 17.3. The number of esters is 2. The average Bonchev–Trinajstić information content (AvgIpc) is 3.66. The number of carbonyl (C=O) groups excluding carboxylic acids is 2. The second-order valence-corrected chi connectivity index (χ2v) is 16.8. The van der Waals surface area contributed by atoms with Crippen molar-refractivity contribution in [3.8, 4) is 17.6 Å². The van der Waals surface area contributed by atoms with Crippen LogP contribution in [0.3, 0.4) is 0 Å². The molecule has 0 fully saturated rings. The second kappa shape index (κ2) is 18.1. The lowest BCUT2D eigenvalue weighted by molar-refractivity contribution is 0.00567. The Bertz CT molecular complexity index is 1720. The van der Waals surface area contributed by atoms with Crippen molar-refractivity contribution in [1.29, 1.82) is 0 Å². The van der Waals surface area contributed by atoms with Crippen molar-refractivity contribution in [2.45, 2.75) is 94.3 Å². The summed E-state index contributed by atoms with van der Waals surface area (Å²) in [6.07, 6.45) is 3.40. The molecule has 51 heavy (non-hydrogen) atoms. The Balaban J connectivity index is 0.000000293. The lowest BCUT2D eigenvalue weighted by Crippen LogP contribution is -2.24. The summed E-state index contributed by atoms with van der Waals surface area (Å²) in [5.74, 6) is 0.717. The predicted octanol–water partition coefficient (Wildman–Crippen LogP) is 9.48. The number of nitrogens with one attached hydrogen (secondary N) is 1. The summed E-state index contributed by atoms with van der Waals surface area (Å²) >= 11 is 17.5. The molecule has 0 unspecified atom stereocenters. The van der Waals surface area contributed by atoms with Gasteiger partial charge >= 0.3 is 11.9 Å². The van der Waals surface area contributed by atoms with E-state index >= 15 is 0 Å². The third-order valence-corrected chi connectivity index (χ3v) is 6.26. The van der Waals surface area contributed by atoms with Gasteiger partial charge in [0, 0.05) is 18.3 Å². The van der Waals surface area contributed by atoms with Crippen molar-refractivity contribution in [2.24, 2.45) is 10.8 Å². The number of H-pyrrole nitrogens is 1. The molecule has 0 amide bonds. The van der Waals surface area contributed by atoms with Crippen LogP contribution in [0.4, 0.5) is 0 Å². The van der Waals surface area contributed by atoms with Crippen molar-refractivity contribution < 1.29 is 28.5 Å². The van der Waals surface area contributed by atoms with E-state index in [2.05, 4.69) is 66.8 Å². The monoisotopic (exact) mass is 766 g/mol. The number of halogens is 3. The lowest BCUT2D eigenvalue weighted by Gasteiger charge is -2.19. The van der Waals surface area contributed by atoms with E-state index < -0.39 is 23.1 Å². The molecule has 0 spiro atoms. The molecule has 0 aliphatic carbocycles. The number of hydrogen-bond donors (Lipinski definition) is 1. The molecule has 0 aliphatic heterocycles. The lowest BCUT2D eigenvalue weighted by atomic mass is 9.99. The van der Waals surface area contributed by atoms with Gasteiger partial charge in [-0.25, -0.2) is 29.3 Å². The van der Waals surface area contributed by atoms with Crippen LogP contribution >= 0.6 is 34.8 Å². The van der Waals surface area contributed by atoms with Crippen molar-refractivity contribution in [1.82, 2.24) is 29.9 Å². The SMILES string of the molecule is CC(C)(C)COc1ccn(-c2ccc(C(=O)OC(C)(C)C)c(Cl)n2)n1.CC(C)(C)COc1ccn[nH]1.CC(C)(C)OC(=O)c1ccc(Cl)nc1Cl. The van der Waals surface area contributed by atoms with Gasteiger partial charge in [0.15, 0.2) is 5.82 Å². The summed E-state index contributed by atoms with van der Waals surface area (Å²) in [5.41, 5.74) is -0.473. The standard InChI is InChI=1S/C18H24ClN3O3.C10H11Cl2NO2.C8H14N2O/c1-17(2,3)11-24-14-9-10-22(21-14)13-8-7-12(15(19)20-13)16(23)25-18(4,5)6;1-10(2,3)15-9(14)6-4-5-7(11)13-8(6)12;1-8(2,3)6-11-7-4-5-9-10-7/h7-10H,11H2,1-6H3;4-5H,1-3H3;4-5H,6H2,1-3H3,(H,9,10). The summed E-state index contributed by atoms with van der Waals surface area (Å²) in [6.45, 7) is 24.6. The first-order valence-corrected chi connectivity index (χ1v) is 17.2. The zero-order chi connectivity index (χ0) is 38.8. The largest absolute Gasteiger partial charge is 0.477 e. The van der Waals surface area contributed by atoms with E-state index in [1.807, 2.05) is 6.07 Å². The second-order valence-electron chi connectivity index (χ2n) is 15.7. The molecule has 0 bridgehead atoms. The fourth-order valence-corrected chi connectivity index (χ4v) is 4.00. The summed E-state index contributed by atoms with van der Waals surface area (Å²) in [4.78, 5) is 31.7. The molecular weight excluding hydrogens is 719 g/mol. The molecule has 0 saturated carbocycles. The molecule has 0 saturated heterocycles. The highest BCUT2D eigenvalue weighted by atomic mass is 35.5. The van der Waals surface area contributed by atoms with E-state index in [1.54, 1.807) is 76.8 Å². The first-order chi connectivity index (χ1) is 23.3.